The first-order chi connectivity index (χ1) is 10.7. The largest absolute Gasteiger partial charge is 0.361 e. The average molecular weight is 313 g/mol. The van der Waals surface area contributed by atoms with Crippen molar-refractivity contribution in [3.05, 3.63) is 46.2 Å². The van der Waals surface area contributed by atoms with E-state index in [1.54, 1.807) is 0 Å². The van der Waals surface area contributed by atoms with Gasteiger partial charge in [0.1, 0.15) is 16.8 Å². The summed E-state index contributed by atoms with van der Waals surface area (Å²) in [5, 5.41) is 11.6. The van der Waals surface area contributed by atoms with Crippen LogP contribution in [0.1, 0.15) is 39.8 Å². The number of rotatable bonds is 2. The molecule has 2 aromatic heterocycles. The number of nitrogens with zero attached hydrogens (tertiary/aromatic N) is 1. The molecule has 4 rings (SSSR count). The number of fused-ring (bicyclic) bond motifs is 3. The lowest BCUT2D eigenvalue weighted by Crippen LogP contribution is -2.38. The van der Waals surface area contributed by atoms with Crippen molar-refractivity contribution in [3.63, 3.8) is 0 Å². The quantitative estimate of drug-likeness (QED) is 0.758. The van der Waals surface area contributed by atoms with Gasteiger partial charge in [-0.25, -0.2) is 0 Å². The maximum absolute atomic E-state index is 12.5. The van der Waals surface area contributed by atoms with Crippen LogP contribution in [0.4, 0.5) is 5.69 Å². The number of aromatic nitrogens is 1. The summed E-state index contributed by atoms with van der Waals surface area (Å²) in [5.74, 6) is 0.751. The van der Waals surface area contributed by atoms with Gasteiger partial charge in [-0.1, -0.05) is 30.3 Å². The van der Waals surface area contributed by atoms with E-state index in [0.29, 0.717) is 0 Å². The maximum atomic E-state index is 12.5. The average Bonchev–Trinajstić information content (AvgIpc) is 3.08. The van der Waals surface area contributed by atoms with Gasteiger partial charge in [0, 0.05) is 16.5 Å². The summed E-state index contributed by atoms with van der Waals surface area (Å²) in [6.07, 6.45) is 0.431. The predicted octanol–water partition coefficient (Wildman–Crippen LogP) is 3.61. The minimum Gasteiger partial charge on any atom is -0.361 e. The Hall–Kier alpha value is -2.34. The normalized spacial score (nSPS) is 17.2. The lowest BCUT2D eigenvalue weighted by Gasteiger charge is -2.26. The van der Waals surface area contributed by atoms with E-state index in [1.165, 1.54) is 11.3 Å². The molecule has 0 spiro atoms. The van der Waals surface area contributed by atoms with Crippen LogP contribution in [-0.2, 0) is 6.42 Å². The zero-order chi connectivity index (χ0) is 15.3. The zero-order valence-corrected chi connectivity index (χ0v) is 13.1. The SMILES string of the molecule is CCc1onc(C)c1C1NC(=O)c2sc3ccccc3c2N1. The minimum absolute atomic E-state index is 0.0531. The molecular weight excluding hydrogens is 298 g/mol. The molecule has 1 aliphatic heterocycles. The molecule has 3 heterocycles. The molecule has 0 bridgehead atoms. The molecule has 6 heteroatoms. The molecule has 0 saturated carbocycles. The van der Waals surface area contributed by atoms with Crippen molar-refractivity contribution in [2.45, 2.75) is 26.4 Å². The highest BCUT2D eigenvalue weighted by molar-refractivity contribution is 7.21. The second-order valence-corrected chi connectivity index (χ2v) is 6.36. The van der Waals surface area contributed by atoms with Gasteiger partial charge < -0.3 is 15.2 Å². The fraction of sp³-hybridized carbons (Fsp3) is 0.250. The molecule has 3 aromatic rings. The smallest absolute Gasteiger partial charge is 0.265 e. The van der Waals surface area contributed by atoms with Crippen LogP contribution in [0.5, 0.6) is 0 Å². The Bertz CT molecular complexity index is 881. The first-order valence-corrected chi connectivity index (χ1v) is 8.04. The number of nitrogens with one attached hydrogen (secondary N) is 2. The van der Waals surface area contributed by atoms with E-state index in [-0.39, 0.29) is 12.1 Å². The summed E-state index contributed by atoms with van der Waals surface area (Å²) in [5.41, 5.74) is 2.63. The Balaban J connectivity index is 1.84. The van der Waals surface area contributed by atoms with E-state index < -0.39 is 0 Å². The summed E-state index contributed by atoms with van der Waals surface area (Å²) < 4.78 is 6.46. The lowest BCUT2D eigenvalue weighted by atomic mass is 10.1. The fourth-order valence-electron chi connectivity index (χ4n) is 2.92. The second-order valence-electron chi connectivity index (χ2n) is 5.31. The number of aryl methyl sites for hydroxylation is 2. The molecule has 0 radical (unpaired) electrons. The van der Waals surface area contributed by atoms with Crippen LogP contribution in [0.15, 0.2) is 28.8 Å². The molecule has 0 fully saturated rings. The number of amides is 1. The molecule has 1 aromatic carbocycles. The number of carbonyl (C=O) groups excluding carboxylic acids is 1. The monoisotopic (exact) mass is 313 g/mol. The molecule has 22 heavy (non-hydrogen) atoms. The van der Waals surface area contributed by atoms with Crippen LogP contribution in [0, 0.1) is 6.92 Å². The summed E-state index contributed by atoms with van der Waals surface area (Å²) in [7, 11) is 0. The Morgan fingerprint density at radius 3 is 2.95 bits per heavy atom. The molecule has 112 valence electrons. The third-order valence-corrected chi connectivity index (χ3v) is 5.13. The van der Waals surface area contributed by atoms with Gasteiger partial charge in [-0.3, -0.25) is 4.79 Å². The number of anilines is 1. The van der Waals surface area contributed by atoms with E-state index in [2.05, 4.69) is 15.8 Å². The molecular formula is C16H15N3O2S. The van der Waals surface area contributed by atoms with E-state index in [1.807, 2.05) is 38.1 Å². The third kappa shape index (κ3) is 1.84. The van der Waals surface area contributed by atoms with Crippen LogP contribution in [0.3, 0.4) is 0 Å². The van der Waals surface area contributed by atoms with Crippen LogP contribution < -0.4 is 10.6 Å². The molecule has 1 aliphatic rings. The number of benzene rings is 1. The van der Waals surface area contributed by atoms with Crippen molar-refractivity contribution in [2.24, 2.45) is 0 Å². The van der Waals surface area contributed by atoms with Gasteiger partial charge in [0.25, 0.3) is 5.91 Å². The molecule has 0 saturated heterocycles. The minimum atomic E-state index is -0.306. The van der Waals surface area contributed by atoms with E-state index in [4.69, 9.17) is 4.52 Å². The first kappa shape index (κ1) is 13.3. The van der Waals surface area contributed by atoms with E-state index in [9.17, 15) is 4.79 Å². The molecule has 1 atom stereocenters. The van der Waals surface area contributed by atoms with Crippen molar-refractivity contribution in [1.82, 2.24) is 10.5 Å². The summed E-state index contributed by atoms with van der Waals surface area (Å²) >= 11 is 1.51. The Labute approximate surface area is 131 Å². The number of carbonyl (C=O) groups is 1. The fourth-order valence-corrected chi connectivity index (χ4v) is 3.99. The standard InChI is InChI=1S/C16H15N3O2S/c1-3-10-12(8(2)19-21-10)15-17-13-9-6-4-5-7-11(9)22-14(13)16(20)18-15/h4-7,15,17H,3H2,1-2H3,(H,18,20). The predicted molar refractivity (Wildman–Crippen MR) is 86.3 cm³/mol. The lowest BCUT2D eigenvalue weighted by molar-refractivity contribution is 0.0940. The molecule has 1 amide bonds. The Morgan fingerprint density at radius 1 is 1.32 bits per heavy atom. The summed E-state index contributed by atoms with van der Waals surface area (Å²) in [6, 6.07) is 8.04. The first-order valence-electron chi connectivity index (χ1n) is 7.23. The van der Waals surface area contributed by atoms with E-state index >= 15 is 0 Å². The van der Waals surface area contributed by atoms with Gasteiger partial charge in [0.2, 0.25) is 0 Å². The summed E-state index contributed by atoms with van der Waals surface area (Å²) in [6.45, 7) is 3.91. The molecule has 5 nitrogen and oxygen atoms in total. The van der Waals surface area contributed by atoms with Crippen LogP contribution in [0.2, 0.25) is 0 Å². The number of thiophene rings is 1. The van der Waals surface area contributed by atoms with Crippen molar-refractivity contribution < 1.29 is 9.32 Å². The van der Waals surface area contributed by atoms with Crippen LogP contribution >= 0.6 is 11.3 Å². The van der Waals surface area contributed by atoms with Gasteiger partial charge in [-0.05, 0) is 13.0 Å². The van der Waals surface area contributed by atoms with Gasteiger partial charge >= 0.3 is 0 Å². The topological polar surface area (TPSA) is 67.2 Å². The Morgan fingerprint density at radius 2 is 2.14 bits per heavy atom. The third-order valence-electron chi connectivity index (χ3n) is 3.96. The zero-order valence-electron chi connectivity index (χ0n) is 12.3. The Kier molecular flexibility index (Phi) is 2.94. The highest BCUT2D eigenvalue weighted by Crippen LogP contribution is 2.40. The molecule has 0 aliphatic carbocycles. The van der Waals surface area contributed by atoms with Crippen molar-refractivity contribution in [1.29, 1.82) is 0 Å². The van der Waals surface area contributed by atoms with Crippen LogP contribution in [-0.4, -0.2) is 11.1 Å². The number of hydrogen-bond acceptors (Lipinski definition) is 5. The molecule has 1 unspecified atom stereocenters. The van der Waals surface area contributed by atoms with Crippen molar-refractivity contribution in [2.75, 3.05) is 5.32 Å². The second kappa shape index (κ2) is 4.84. The van der Waals surface area contributed by atoms with Gasteiger partial charge in [-0.15, -0.1) is 11.3 Å². The van der Waals surface area contributed by atoms with Crippen molar-refractivity contribution in [3.8, 4) is 0 Å². The highest BCUT2D eigenvalue weighted by Gasteiger charge is 2.31. The molecule has 2 N–H and O–H groups in total. The van der Waals surface area contributed by atoms with Crippen LogP contribution in [0.25, 0.3) is 10.1 Å². The summed E-state index contributed by atoms with van der Waals surface area (Å²) in [4.78, 5) is 13.2. The highest BCUT2D eigenvalue weighted by atomic mass is 32.1. The van der Waals surface area contributed by atoms with Gasteiger partial charge in [0.15, 0.2) is 0 Å². The van der Waals surface area contributed by atoms with Gasteiger partial charge in [0.05, 0.1) is 16.9 Å². The van der Waals surface area contributed by atoms with E-state index in [0.717, 1.165) is 44.1 Å². The maximum Gasteiger partial charge on any atom is 0.265 e. The van der Waals surface area contributed by atoms with Gasteiger partial charge in [-0.2, -0.15) is 0 Å². The van der Waals surface area contributed by atoms with Crippen molar-refractivity contribution >= 4 is 33.0 Å². The number of hydrogen-bond donors (Lipinski definition) is 2.